The van der Waals surface area contributed by atoms with Gasteiger partial charge in [-0.15, -0.1) is 0 Å². The number of benzene rings is 2. The first-order valence-corrected chi connectivity index (χ1v) is 10.2. The van der Waals surface area contributed by atoms with Gasteiger partial charge in [0.1, 0.15) is 18.5 Å². The Morgan fingerprint density at radius 1 is 1.16 bits per heavy atom. The second kappa shape index (κ2) is 11.6. The minimum Gasteiger partial charge on any atom is -0.491 e. The number of nitrogens with one attached hydrogen (secondary N) is 1. The number of carbonyl (C=O) groups excluding carboxylic acids is 1. The number of anilines is 1. The summed E-state index contributed by atoms with van der Waals surface area (Å²) in [5.74, 6) is 0.691. The maximum absolute atomic E-state index is 12.6. The number of carboxylic acids is 1. The van der Waals surface area contributed by atoms with Gasteiger partial charge in [-0.05, 0) is 49.1 Å². The first-order valence-electron chi connectivity index (χ1n) is 10.2. The van der Waals surface area contributed by atoms with Crippen molar-refractivity contribution in [1.82, 2.24) is 0 Å². The minimum absolute atomic E-state index is 0.113. The second-order valence-electron chi connectivity index (χ2n) is 6.90. The van der Waals surface area contributed by atoms with E-state index in [1.54, 1.807) is 42.5 Å². The number of allylic oxidation sites excluding steroid dienone is 1. The summed E-state index contributed by atoms with van der Waals surface area (Å²) < 4.78 is 21.7. The zero-order valence-electron chi connectivity index (χ0n) is 17.4. The van der Waals surface area contributed by atoms with Crippen LogP contribution in [0.2, 0.25) is 0 Å². The average Bonchev–Trinajstić information content (AvgIpc) is 3.24. The lowest BCUT2D eigenvalue weighted by atomic mass is 10.0. The van der Waals surface area contributed by atoms with Crippen molar-refractivity contribution in [2.24, 2.45) is 0 Å². The summed E-state index contributed by atoms with van der Waals surface area (Å²) in [5.41, 5.74) is 1.23. The second-order valence-corrected chi connectivity index (χ2v) is 6.90. The summed E-state index contributed by atoms with van der Waals surface area (Å²) in [5, 5.41) is 20.4. The Bertz CT molecular complexity index is 959. The molecular formula is C23H25NO8. The van der Waals surface area contributed by atoms with Crippen LogP contribution in [0.4, 0.5) is 10.5 Å². The van der Waals surface area contributed by atoms with Gasteiger partial charge in [-0.1, -0.05) is 18.2 Å². The Balaban J connectivity index is 1.66. The van der Waals surface area contributed by atoms with E-state index in [1.165, 1.54) is 0 Å². The smallest absolute Gasteiger partial charge is 0.412 e. The minimum atomic E-state index is -1.00. The highest BCUT2D eigenvalue weighted by molar-refractivity contribution is 5.85. The first-order chi connectivity index (χ1) is 15.5. The number of hydrogen-bond acceptors (Lipinski definition) is 7. The largest absolute Gasteiger partial charge is 0.491 e. The van der Waals surface area contributed by atoms with Gasteiger partial charge >= 0.3 is 12.1 Å². The molecule has 0 aromatic heterocycles. The van der Waals surface area contributed by atoms with E-state index in [9.17, 15) is 9.59 Å². The van der Waals surface area contributed by atoms with Gasteiger partial charge in [-0.2, -0.15) is 0 Å². The molecule has 0 saturated carbocycles. The molecule has 0 bridgehead atoms. The van der Waals surface area contributed by atoms with Gasteiger partial charge in [-0.3, -0.25) is 5.32 Å². The molecule has 0 fully saturated rings. The number of amides is 1. The molecule has 170 valence electrons. The van der Waals surface area contributed by atoms with Crippen molar-refractivity contribution in [3.05, 3.63) is 60.2 Å². The number of carbonyl (C=O) groups is 2. The van der Waals surface area contributed by atoms with Crippen molar-refractivity contribution < 1.29 is 38.7 Å². The fourth-order valence-corrected chi connectivity index (χ4v) is 3.12. The number of ether oxygens (including phenoxy) is 4. The molecule has 3 rings (SSSR count). The number of aliphatic carboxylic acids is 1. The maximum Gasteiger partial charge on any atom is 0.412 e. The van der Waals surface area contributed by atoms with Crippen molar-refractivity contribution >= 4 is 17.7 Å². The summed E-state index contributed by atoms with van der Waals surface area (Å²) in [6.45, 7) is 0.174. The lowest BCUT2D eigenvalue weighted by molar-refractivity contribution is -0.131. The summed E-state index contributed by atoms with van der Waals surface area (Å²) in [4.78, 5) is 23.2. The Morgan fingerprint density at radius 2 is 2.00 bits per heavy atom. The zero-order chi connectivity index (χ0) is 22.8. The van der Waals surface area contributed by atoms with Crippen molar-refractivity contribution in [2.75, 3.05) is 25.3 Å². The highest BCUT2D eigenvalue weighted by atomic mass is 16.7. The standard InChI is InChI=1S/C23H25NO8/c25-11-12-29-18-6-4-5-16(13-18)19(7-2-1-3-8-22(26)27)32-23(28)24-17-9-10-20-21(14-17)31-15-30-20/h3-6,8-10,13-14,19,25H,1-2,7,11-12,15H2,(H,24,28)(H,26,27)/b8-3+/t19-/m1/s1. The number of hydrogen-bond donors (Lipinski definition) is 3. The van der Waals surface area contributed by atoms with Crippen LogP contribution in [-0.2, 0) is 9.53 Å². The van der Waals surface area contributed by atoms with Crippen molar-refractivity contribution in [1.29, 1.82) is 0 Å². The van der Waals surface area contributed by atoms with E-state index in [0.717, 1.165) is 11.6 Å². The fraction of sp³-hybridized carbons (Fsp3) is 0.304. The van der Waals surface area contributed by atoms with Gasteiger partial charge in [0.05, 0.1) is 6.61 Å². The van der Waals surface area contributed by atoms with Crippen molar-refractivity contribution in [3.8, 4) is 17.2 Å². The molecule has 9 nitrogen and oxygen atoms in total. The number of fused-ring (bicyclic) bond motifs is 1. The Hall–Kier alpha value is -3.72. The van der Waals surface area contributed by atoms with Crippen LogP contribution in [0, 0.1) is 0 Å². The van der Waals surface area contributed by atoms with E-state index in [-0.39, 0.29) is 20.0 Å². The quantitative estimate of drug-likeness (QED) is 0.353. The van der Waals surface area contributed by atoms with Gasteiger partial charge in [-0.25, -0.2) is 9.59 Å². The van der Waals surface area contributed by atoms with Gasteiger partial charge in [0.15, 0.2) is 11.5 Å². The lowest BCUT2D eigenvalue weighted by Gasteiger charge is -2.19. The third-order valence-electron chi connectivity index (χ3n) is 4.56. The molecule has 0 radical (unpaired) electrons. The zero-order valence-corrected chi connectivity index (χ0v) is 17.4. The molecule has 32 heavy (non-hydrogen) atoms. The van der Waals surface area contributed by atoms with Crippen LogP contribution in [-0.4, -0.2) is 42.3 Å². The molecule has 1 heterocycles. The van der Waals surface area contributed by atoms with Crippen LogP contribution in [0.1, 0.15) is 30.9 Å². The van der Waals surface area contributed by atoms with Crippen LogP contribution in [0.3, 0.4) is 0 Å². The number of carboxylic acid groups (broad SMARTS) is 1. The van der Waals surface area contributed by atoms with Crippen LogP contribution in [0.5, 0.6) is 17.2 Å². The number of rotatable bonds is 11. The predicted octanol–water partition coefficient (Wildman–Crippen LogP) is 3.89. The van der Waals surface area contributed by atoms with E-state index in [1.807, 2.05) is 6.07 Å². The number of aliphatic hydroxyl groups is 1. The van der Waals surface area contributed by atoms with E-state index in [4.69, 9.17) is 29.2 Å². The number of unbranched alkanes of at least 4 members (excludes halogenated alkanes) is 1. The highest BCUT2D eigenvalue weighted by Gasteiger charge is 2.19. The fourth-order valence-electron chi connectivity index (χ4n) is 3.12. The molecule has 1 amide bonds. The summed E-state index contributed by atoms with van der Waals surface area (Å²) in [6, 6.07) is 12.1. The maximum atomic E-state index is 12.6. The van der Waals surface area contributed by atoms with Crippen LogP contribution in [0.25, 0.3) is 0 Å². The lowest BCUT2D eigenvalue weighted by Crippen LogP contribution is -2.18. The van der Waals surface area contributed by atoms with Gasteiger partial charge < -0.3 is 29.2 Å². The monoisotopic (exact) mass is 443 g/mol. The Kier molecular flexibility index (Phi) is 8.33. The van der Waals surface area contributed by atoms with E-state index < -0.39 is 18.2 Å². The third-order valence-corrected chi connectivity index (χ3v) is 4.56. The third kappa shape index (κ3) is 6.92. The Morgan fingerprint density at radius 3 is 2.81 bits per heavy atom. The highest BCUT2D eigenvalue weighted by Crippen LogP contribution is 2.34. The topological polar surface area (TPSA) is 124 Å². The van der Waals surface area contributed by atoms with Crippen LogP contribution < -0.4 is 19.5 Å². The van der Waals surface area contributed by atoms with Crippen molar-refractivity contribution in [2.45, 2.75) is 25.4 Å². The molecule has 9 heteroatoms. The molecule has 1 atom stereocenters. The molecule has 0 aliphatic carbocycles. The van der Waals surface area contributed by atoms with Gasteiger partial charge in [0.2, 0.25) is 6.79 Å². The molecule has 0 unspecified atom stereocenters. The van der Waals surface area contributed by atoms with Crippen LogP contribution >= 0.6 is 0 Å². The molecule has 0 saturated heterocycles. The van der Waals surface area contributed by atoms with E-state index >= 15 is 0 Å². The number of aliphatic hydroxyl groups excluding tert-OH is 1. The van der Waals surface area contributed by atoms with Gasteiger partial charge in [0, 0.05) is 17.8 Å². The average molecular weight is 443 g/mol. The van der Waals surface area contributed by atoms with E-state index in [2.05, 4.69) is 5.32 Å². The Labute approximate surface area is 185 Å². The predicted molar refractivity (Wildman–Crippen MR) is 115 cm³/mol. The summed E-state index contributed by atoms with van der Waals surface area (Å²) in [6.07, 6.45) is 3.03. The first kappa shape index (κ1) is 23.0. The molecule has 3 N–H and O–H groups in total. The van der Waals surface area contributed by atoms with Crippen molar-refractivity contribution in [3.63, 3.8) is 0 Å². The molecular weight excluding hydrogens is 418 g/mol. The molecule has 0 spiro atoms. The van der Waals surface area contributed by atoms with E-state index in [0.29, 0.717) is 42.2 Å². The van der Waals surface area contributed by atoms with Gasteiger partial charge in [0.25, 0.3) is 0 Å². The summed E-state index contributed by atoms with van der Waals surface area (Å²) >= 11 is 0. The normalized spacial score (nSPS) is 13.0. The SMILES string of the molecule is O=C(O)/C=C/CCC[C@@H](OC(=O)Nc1ccc2c(c1)OCO2)c1cccc(OCCO)c1. The molecule has 2 aromatic rings. The molecule has 1 aliphatic heterocycles. The van der Waals surface area contributed by atoms with Crippen LogP contribution in [0.15, 0.2) is 54.6 Å². The summed E-state index contributed by atoms with van der Waals surface area (Å²) in [7, 11) is 0. The molecule has 2 aromatic carbocycles. The molecule has 1 aliphatic rings.